The second kappa shape index (κ2) is 3.50. The highest BCUT2D eigenvalue weighted by atomic mass is 32.2. The van der Waals surface area contributed by atoms with Crippen LogP contribution in [0.25, 0.3) is 0 Å². The van der Waals surface area contributed by atoms with Crippen molar-refractivity contribution in [2.75, 3.05) is 19.5 Å². The lowest BCUT2D eigenvalue weighted by Crippen LogP contribution is -2.25. The lowest BCUT2D eigenvalue weighted by atomic mass is 9.98. The number of hydrogen-bond acceptors (Lipinski definition) is 2. The number of benzene rings is 1. The van der Waals surface area contributed by atoms with Gasteiger partial charge in [-0.1, -0.05) is 18.2 Å². The van der Waals surface area contributed by atoms with Crippen molar-refractivity contribution in [3.63, 3.8) is 0 Å². The van der Waals surface area contributed by atoms with Crippen LogP contribution in [0.3, 0.4) is 0 Å². The molecule has 1 aliphatic rings. The molecule has 64 valence electrons. The van der Waals surface area contributed by atoms with Gasteiger partial charge >= 0.3 is 0 Å². The molecule has 1 nitrogen and oxygen atoms in total. The highest BCUT2D eigenvalue weighted by molar-refractivity contribution is 7.98. The van der Waals surface area contributed by atoms with Crippen LogP contribution >= 0.6 is 11.8 Å². The average Bonchev–Trinajstić information content (AvgIpc) is 2.02. The molecule has 1 aromatic carbocycles. The largest absolute Gasteiger partial charge is 0.380 e. The minimum Gasteiger partial charge on any atom is -0.380 e. The van der Waals surface area contributed by atoms with Crippen LogP contribution in [0.1, 0.15) is 11.5 Å². The third-order valence-electron chi connectivity index (χ3n) is 2.22. The normalized spacial score (nSPS) is 17.4. The summed E-state index contributed by atoms with van der Waals surface area (Å²) < 4.78 is 5.18. The van der Waals surface area contributed by atoms with Gasteiger partial charge in [-0.3, -0.25) is 0 Å². The van der Waals surface area contributed by atoms with Crippen molar-refractivity contribution in [1.29, 1.82) is 0 Å². The predicted molar refractivity (Wildman–Crippen MR) is 51.8 cm³/mol. The molecule has 0 aliphatic carbocycles. The van der Waals surface area contributed by atoms with Crippen molar-refractivity contribution in [1.82, 2.24) is 0 Å². The Hall–Kier alpha value is -0.470. The van der Waals surface area contributed by atoms with Crippen LogP contribution in [0.15, 0.2) is 29.2 Å². The van der Waals surface area contributed by atoms with Crippen molar-refractivity contribution in [2.45, 2.75) is 10.8 Å². The van der Waals surface area contributed by atoms with Gasteiger partial charge in [0.15, 0.2) is 0 Å². The first-order valence-corrected chi connectivity index (χ1v) is 5.35. The zero-order valence-electron chi connectivity index (χ0n) is 7.12. The third kappa shape index (κ3) is 1.37. The Bertz CT molecular complexity index is 268. The molecule has 0 amide bonds. The summed E-state index contributed by atoms with van der Waals surface area (Å²) in [6, 6.07) is 8.58. The summed E-state index contributed by atoms with van der Waals surface area (Å²) in [5.41, 5.74) is 1.45. The molecular formula is C10H12OS. The van der Waals surface area contributed by atoms with E-state index in [4.69, 9.17) is 4.74 Å². The van der Waals surface area contributed by atoms with E-state index in [-0.39, 0.29) is 0 Å². The molecule has 1 aromatic rings. The molecule has 1 aliphatic heterocycles. The summed E-state index contributed by atoms with van der Waals surface area (Å²) in [7, 11) is 0. The molecule has 1 saturated heterocycles. The molecule has 0 bridgehead atoms. The lowest BCUT2D eigenvalue weighted by molar-refractivity contribution is 0.00740. The van der Waals surface area contributed by atoms with Crippen molar-refractivity contribution < 1.29 is 4.74 Å². The van der Waals surface area contributed by atoms with Crippen LogP contribution in [0, 0.1) is 0 Å². The number of thioether (sulfide) groups is 1. The van der Waals surface area contributed by atoms with Crippen LogP contribution in [-0.2, 0) is 4.74 Å². The van der Waals surface area contributed by atoms with Crippen molar-refractivity contribution in [2.24, 2.45) is 0 Å². The zero-order valence-corrected chi connectivity index (χ0v) is 7.93. The first-order chi connectivity index (χ1) is 5.92. The van der Waals surface area contributed by atoms with Crippen LogP contribution in [0.2, 0.25) is 0 Å². The van der Waals surface area contributed by atoms with E-state index in [1.54, 1.807) is 0 Å². The summed E-state index contributed by atoms with van der Waals surface area (Å²) in [6.45, 7) is 1.80. The van der Waals surface area contributed by atoms with E-state index < -0.39 is 0 Å². The summed E-state index contributed by atoms with van der Waals surface area (Å²) in [6.07, 6.45) is 2.12. The summed E-state index contributed by atoms with van der Waals surface area (Å²) >= 11 is 1.82. The maximum absolute atomic E-state index is 5.18. The van der Waals surface area contributed by atoms with Gasteiger partial charge in [-0.2, -0.15) is 0 Å². The van der Waals surface area contributed by atoms with Gasteiger partial charge in [0.25, 0.3) is 0 Å². The Morgan fingerprint density at radius 1 is 1.33 bits per heavy atom. The molecule has 1 fully saturated rings. The minimum atomic E-state index is 0.647. The SMILES string of the molecule is CSc1ccccc1C1COC1. The van der Waals surface area contributed by atoms with Crippen LogP contribution in [0.4, 0.5) is 0 Å². The van der Waals surface area contributed by atoms with Crippen molar-refractivity contribution >= 4 is 11.8 Å². The maximum atomic E-state index is 5.18. The van der Waals surface area contributed by atoms with Gasteiger partial charge in [0, 0.05) is 10.8 Å². The Morgan fingerprint density at radius 3 is 2.67 bits per heavy atom. The molecule has 2 rings (SSSR count). The second-order valence-electron chi connectivity index (χ2n) is 2.98. The molecule has 1 heterocycles. The van der Waals surface area contributed by atoms with E-state index >= 15 is 0 Å². The number of hydrogen-bond donors (Lipinski definition) is 0. The molecule has 0 spiro atoms. The maximum Gasteiger partial charge on any atom is 0.0557 e. The van der Waals surface area contributed by atoms with Crippen LogP contribution in [-0.4, -0.2) is 19.5 Å². The summed E-state index contributed by atoms with van der Waals surface area (Å²) in [5.74, 6) is 0.647. The Labute approximate surface area is 77.1 Å². The van der Waals surface area contributed by atoms with E-state index in [1.165, 1.54) is 10.5 Å². The average molecular weight is 180 g/mol. The summed E-state index contributed by atoms with van der Waals surface area (Å²) in [4.78, 5) is 1.39. The number of rotatable bonds is 2. The predicted octanol–water partition coefficient (Wildman–Crippen LogP) is 2.52. The minimum absolute atomic E-state index is 0.647. The Balaban J connectivity index is 2.27. The molecular weight excluding hydrogens is 168 g/mol. The molecule has 0 aromatic heterocycles. The van der Waals surface area contributed by atoms with Gasteiger partial charge < -0.3 is 4.74 Å². The highest BCUT2D eigenvalue weighted by Gasteiger charge is 2.22. The van der Waals surface area contributed by atoms with Gasteiger partial charge in [0.2, 0.25) is 0 Å². The van der Waals surface area contributed by atoms with Crippen LogP contribution in [0.5, 0.6) is 0 Å². The standard InChI is InChI=1S/C10H12OS/c1-12-10-5-3-2-4-9(10)8-6-11-7-8/h2-5,8H,6-7H2,1H3. The van der Waals surface area contributed by atoms with Gasteiger partial charge in [-0.25, -0.2) is 0 Å². The van der Waals surface area contributed by atoms with E-state index in [9.17, 15) is 0 Å². The molecule has 0 atom stereocenters. The fourth-order valence-corrected chi connectivity index (χ4v) is 2.10. The van der Waals surface area contributed by atoms with Crippen molar-refractivity contribution in [3.8, 4) is 0 Å². The van der Waals surface area contributed by atoms with E-state index in [0.29, 0.717) is 5.92 Å². The smallest absolute Gasteiger partial charge is 0.0557 e. The first kappa shape index (κ1) is 8.14. The topological polar surface area (TPSA) is 9.23 Å². The van der Waals surface area contributed by atoms with Gasteiger partial charge in [0.05, 0.1) is 13.2 Å². The van der Waals surface area contributed by atoms with Crippen LogP contribution < -0.4 is 0 Å². The van der Waals surface area contributed by atoms with Crippen molar-refractivity contribution in [3.05, 3.63) is 29.8 Å². The fourth-order valence-electron chi connectivity index (χ4n) is 1.42. The molecule has 12 heavy (non-hydrogen) atoms. The Morgan fingerprint density at radius 2 is 2.08 bits per heavy atom. The monoisotopic (exact) mass is 180 g/mol. The molecule has 0 N–H and O–H groups in total. The quantitative estimate of drug-likeness (QED) is 0.647. The zero-order chi connectivity index (χ0) is 8.39. The third-order valence-corrected chi connectivity index (χ3v) is 3.03. The van der Waals surface area contributed by atoms with E-state index in [2.05, 4.69) is 30.5 Å². The van der Waals surface area contributed by atoms with Gasteiger partial charge in [-0.05, 0) is 17.9 Å². The lowest BCUT2D eigenvalue weighted by Gasteiger charge is -2.27. The Kier molecular flexibility index (Phi) is 2.38. The van der Waals surface area contributed by atoms with E-state index in [1.807, 2.05) is 11.8 Å². The van der Waals surface area contributed by atoms with E-state index in [0.717, 1.165) is 13.2 Å². The molecule has 0 saturated carbocycles. The second-order valence-corrected chi connectivity index (χ2v) is 3.82. The molecule has 0 unspecified atom stereocenters. The van der Waals surface area contributed by atoms with Gasteiger partial charge in [-0.15, -0.1) is 11.8 Å². The fraction of sp³-hybridized carbons (Fsp3) is 0.400. The number of ether oxygens (including phenoxy) is 1. The van der Waals surface area contributed by atoms with Gasteiger partial charge in [0.1, 0.15) is 0 Å². The first-order valence-electron chi connectivity index (χ1n) is 4.12. The molecule has 0 radical (unpaired) electrons. The summed E-state index contributed by atoms with van der Waals surface area (Å²) in [5, 5.41) is 0. The highest BCUT2D eigenvalue weighted by Crippen LogP contribution is 2.31. The molecule has 2 heteroatoms.